The first-order valence-electron chi connectivity index (χ1n) is 6.14. The van der Waals surface area contributed by atoms with Gasteiger partial charge in [-0.15, -0.1) is 0 Å². The van der Waals surface area contributed by atoms with Crippen molar-refractivity contribution in [3.05, 3.63) is 24.7 Å². The van der Waals surface area contributed by atoms with E-state index in [0.717, 1.165) is 11.1 Å². The van der Waals surface area contributed by atoms with E-state index >= 15 is 0 Å². The molecule has 1 saturated heterocycles. The molecule has 1 N–H and O–H groups in total. The third-order valence-electron chi connectivity index (χ3n) is 4.00. The second-order valence-electron chi connectivity index (χ2n) is 5.77. The van der Waals surface area contributed by atoms with Crippen molar-refractivity contribution < 1.29 is 4.65 Å². The predicted molar refractivity (Wildman–Crippen MR) is 70.8 cm³/mol. The molecule has 0 aromatic carbocycles. The zero-order valence-electron chi connectivity index (χ0n) is 11.1. The number of aromatic nitrogens is 3. The maximum Gasteiger partial charge on any atom is 0.422 e. The molecule has 0 saturated carbocycles. The highest BCUT2D eigenvalue weighted by atomic mass is 16.5. The summed E-state index contributed by atoms with van der Waals surface area (Å²) >= 11 is 0. The van der Waals surface area contributed by atoms with Crippen LogP contribution in [-0.2, 0) is 4.65 Å². The molecule has 0 aliphatic carbocycles. The van der Waals surface area contributed by atoms with Gasteiger partial charge >= 0.3 is 7.05 Å². The summed E-state index contributed by atoms with van der Waals surface area (Å²) in [6.45, 7) is 8.48. The van der Waals surface area contributed by atoms with Gasteiger partial charge < -0.3 is 9.88 Å². The van der Waals surface area contributed by atoms with Gasteiger partial charge in [-0.1, -0.05) is 0 Å². The van der Waals surface area contributed by atoms with Gasteiger partial charge in [0.2, 0.25) is 0 Å². The molecule has 0 radical (unpaired) electrons. The number of fused-ring (bicyclic) bond motifs is 1. The zero-order valence-corrected chi connectivity index (χ0v) is 11.1. The Balaban J connectivity index is 2.03. The summed E-state index contributed by atoms with van der Waals surface area (Å²) in [5.74, 6) is 0. The lowest BCUT2D eigenvalue weighted by molar-refractivity contribution is 0.0750. The molecule has 2 aromatic rings. The lowest BCUT2D eigenvalue weighted by Crippen LogP contribution is -2.51. The third-order valence-corrected chi connectivity index (χ3v) is 4.00. The van der Waals surface area contributed by atoms with Gasteiger partial charge in [0, 0.05) is 23.4 Å². The number of rotatable bonds is 1. The van der Waals surface area contributed by atoms with Crippen LogP contribution in [0.2, 0.25) is 0 Å². The Morgan fingerprint density at radius 2 is 2.11 bits per heavy atom. The summed E-state index contributed by atoms with van der Waals surface area (Å²) in [7, 11) is -0.164. The Hall–Kier alpha value is -1.40. The Morgan fingerprint density at radius 3 is 2.78 bits per heavy atom. The number of nitrogens with one attached hydrogen (secondary N) is 1. The summed E-state index contributed by atoms with van der Waals surface area (Å²) in [6.07, 6.45) is 5.47. The topological polar surface area (TPSA) is 51.5 Å². The van der Waals surface area contributed by atoms with Crippen LogP contribution >= 0.6 is 0 Å². The van der Waals surface area contributed by atoms with Crippen LogP contribution in [0, 0.1) is 0 Å². The monoisotopic (exact) mass is 244 g/mol. The van der Waals surface area contributed by atoms with Gasteiger partial charge in [-0.05, 0) is 33.8 Å². The van der Waals surface area contributed by atoms with Gasteiger partial charge in [-0.25, -0.2) is 9.50 Å². The number of hydrogen-bond donors (Lipinski definition) is 1. The van der Waals surface area contributed by atoms with Crippen molar-refractivity contribution in [2.75, 3.05) is 0 Å². The molecule has 0 atom stereocenters. The van der Waals surface area contributed by atoms with Gasteiger partial charge in [0.05, 0.1) is 11.8 Å². The van der Waals surface area contributed by atoms with Crippen molar-refractivity contribution >= 4 is 18.2 Å². The quantitative estimate of drug-likeness (QED) is 0.746. The lowest BCUT2D eigenvalue weighted by Gasteiger charge is -2.33. The van der Waals surface area contributed by atoms with E-state index in [4.69, 9.17) is 4.65 Å². The smallest absolute Gasteiger partial charge is 0.411 e. The van der Waals surface area contributed by atoms with Crippen molar-refractivity contribution in [1.29, 1.82) is 0 Å². The van der Waals surface area contributed by atoms with Crippen LogP contribution in [0.5, 0.6) is 0 Å². The zero-order chi connectivity index (χ0) is 13.0. The summed E-state index contributed by atoms with van der Waals surface area (Å²) in [5, 5.41) is 7.79. The van der Waals surface area contributed by atoms with Crippen LogP contribution in [0.4, 0.5) is 0 Å². The van der Waals surface area contributed by atoms with Crippen molar-refractivity contribution in [3.8, 4) is 0 Å². The molecule has 6 heteroatoms. The van der Waals surface area contributed by atoms with Crippen LogP contribution in [0.3, 0.4) is 0 Å². The van der Waals surface area contributed by atoms with Crippen molar-refractivity contribution in [2.45, 2.75) is 38.8 Å². The van der Waals surface area contributed by atoms with Crippen LogP contribution in [0.15, 0.2) is 24.7 Å². The van der Waals surface area contributed by atoms with Gasteiger partial charge in [-0.3, -0.25) is 0 Å². The molecule has 5 nitrogen and oxygen atoms in total. The molecular weight excluding hydrogens is 227 g/mol. The summed E-state index contributed by atoms with van der Waals surface area (Å²) < 4.78 is 7.87. The van der Waals surface area contributed by atoms with Gasteiger partial charge in [0.1, 0.15) is 0 Å². The number of hydrogen-bond acceptors (Lipinski definition) is 4. The standard InChI is InChI=1S/C12H17BN4O/c1-11(2)12(3,4)18-13(16-11)9-8-15-17-7-5-6-14-10(9)17/h5-8,16H,1-4H3. The molecule has 1 fully saturated rings. The average molecular weight is 244 g/mol. The molecule has 1 aliphatic heterocycles. The first kappa shape index (κ1) is 11.7. The first-order chi connectivity index (χ1) is 8.41. The summed E-state index contributed by atoms with van der Waals surface area (Å²) in [5.41, 5.74) is 1.49. The second-order valence-corrected chi connectivity index (χ2v) is 5.77. The Labute approximate surface area is 107 Å². The molecule has 0 unspecified atom stereocenters. The van der Waals surface area contributed by atoms with Crippen LogP contribution in [0.25, 0.3) is 5.65 Å². The molecule has 0 spiro atoms. The Morgan fingerprint density at radius 1 is 1.33 bits per heavy atom. The molecule has 3 heterocycles. The fourth-order valence-electron chi connectivity index (χ4n) is 2.14. The maximum atomic E-state index is 6.11. The van der Waals surface area contributed by atoms with E-state index in [1.807, 2.05) is 18.5 Å². The second kappa shape index (κ2) is 3.55. The molecule has 1 aliphatic rings. The molecule has 18 heavy (non-hydrogen) atoms. The molecule has 0 bridgehead atoms. The van der Waals surface area contributed by atoms with Crippen molar-refractivity contribution in [2.24, 2.45) is 0 Å². The van der Waals surface area contributed by atoms with E-state index < -0.39 is 0 Å². The summed E-state index contributed by atoms with van der Waals surface area (Å²) in [6, 6.07) is 1.86. The Kier molecular flexibility index (Phi) is 2.31. The van der Waals surface area contributed by atoms with Gasteiger partial charge in [-0.2, -0.15) is 5.10 Å². The molecule has 2 aromatic heterocycles. The largest absolute Gasteiger partial charge is 0.422 e. The minimum absolute atomic E-state index is 0.0965. The van der Waals surface area contributed by atoms with E-state index in [2.05, 4.69) is 43.0 Å². The highest BCUT2D eigenvalue weighted by Crippen LogP contribution is 2.31. The first-order valence-corrected chi connectivity index (χ1v) is 6.14. The third kappa shape index (κ3) is 1.56. The fourth-order valence-corrected chi connectivity index (χ4v) is 2.14. The summed E-state index contributed by atoms with van der Waals surface area (Å²) in [4.78, 5) is 4.36. The van der Waals surface area contributed by atoms with E-state index in [1.54, 1.807) is 10.7 Å². The van der Waals surface area contributed by atoms with Crippen molar-refractivity contribution in [3.63, 3.8) is 0 Å². The fraction of sp³-hybridized carbons (Fsp3) is 0.500. The minimum atomic E-state index is -0.235. The Bertz CT molecular complexity index is 577. The van der Waals surface area contributed by atoms with Gasteiger partial charge in [0.15, 0.2) is 5.65 Å². The van der Waals surface area contributed by atoms with Gasteiger partial charge in [0.25, 0.3) is 0 Å². The van der Waals surface area contributed by atoms with E-state index in [9.17, 15) is 0 Å². The van der Waals surface area contributed by atoms with Crippen LogP contribution < -0.4 is 10.7 Å². The van der Waals surface area contributed by atoms with Crippen molar-refractivity contribution in [1.82, 2.24) is 19.8 Å². The SMILES string of the molecule is CC1(C)NB(c2cnn3cccnc23)OC1(C)C. The lowest BCUT2D eigenvalue weighted by atomic mass is 9.75. The van der Waals surface area contributed by atoms with Crippen LogP contribution in [0.1, 0.15) is 27.7 Å². The molecule has 94 valence electrons. The molecule has 0 amide bonds. The van der Waals surface area contributed by atoms with E-state index in [-0.39, 0.29) is 18.2 Å². The molecular formula is C12H17BN4O. The highest BCUT2D eigenvalue weighted by molar-refractivity contribution is 6.67. The average Bonchev–Trinajstić information content (AvgIpc) is 2.78. The normalized spacial score (nSPS) is 21.7. The van der Waals surface area contributed by atoms with E-state index in [1.165, 1.54) is 0 Å². The molecule has 3 rings (SSSR count). The maximum absolute atomic E-state index is 6.11. The van der Waals surface area contributed by atoms with E-state index in [0.29, 0.717) is 0 Å². The van der Waals surface area contributed by atoms with Crippen LogP contribution in [-0.4, -0.2) is 32.8 Å². The highest BCUT2D eigenvalue weighted by Gasteiger charge is 2.50. The predicted octanol–water partition coefficient (Wildman–Crippen LogP) is 0.601. The number of nitrogens with zero attached hydrogens (tertiary/aromatic N) is 3. The minimum Gasteiger partial charge on any atom is -0.411 e.